The van der Waals surface area contributed by atoms with Crippen LogP contribution in [0.4, 0.5) is 0 Å². The van der Waals surface area contributed by atoms with Gasteiger partial charge in [0.2, 0.25) is 0 Å². The molecule has 2 aromatic rings. The molecule has 0 atom stereocenters. The molecule has 0 aliphatic rings. The molecule has 1 heterocycles. The summed E-state index contributed by atoms with van der Waals surface area (Å²) in [6.45, 7) is 16.5. The summed E-state index contributed by atoms with van der Waals surface area (Å²) in [4.78, 5) is 10.8. The Kier molecular flexibility index (Phi) is 5.04. The topological polar surface area (TPSA) is 31.9 Å². The minimum atomic E-state index is 0.678. The molecule has 0 radical (unpaired) electrons. The van der Waals surface area contributed by atoms with E-state index in [4.69, 9.17) is 4.98 Å². The molecule has 116 valence electrons. The molecule has 0 aliphatic heterocycles. The van der Waals surface area contributed by atoms with Crippen LogP contribution >= 0.6 is 0 Å². The molecule has 0 amide bonds. The smallest absolute Gasteiger partial charge is 0.121 e. The van der Waals surface area contributed by atoms with Gasteiger partial charge in [-0.05, 0) is 48.9 Å². The molecule has 0 fully saturated rings. The van der Waals surface area contributed by atoms with Crippen molar-refractivity contribution in [2.24, 2.45) is 11.8 Å². The average molecular weight is 287 g/mol. The number of benzene rings is 1. The predicted molar refractivity (Wildman–Crippen MR) is 90.5 cm³/mol. The van der Waals surface area contributed by atoms with Gasteiger partial charge in [-0.2, -0.15) is 0 Å². The van der Waals surface area contributed by atoms with Crippen molar-refractivity contribution in [1.82, 2.24) is 14.9 Å². The van der Waals surface area contributed by atoms with Crippen molar-refractivity contribution in [2.45, 2.75) is 48.1 Å². The lowest BCUT2D eigenvalue weighted by molar-refractivity contribution is 0.207. The van der Waals surface area contributed by atoms with Gasteiger partial charge in [0, 0.05) is 13.1 Å². The van der Waals surface area contributed by atoms with E-state index in [0.29, 0.717) is 11.8 Å². The van der Waals surface area contributed by atoms with Gasteiger partial charge in [0.15, 0.2) is 0 Å². The van der Waals surface area contributed by atoms with Crippen LogP contribution < -0.4 is 0 Å². The van der Waals surface area contributed by atoms with Crippen LogP contribution in [0.1, 0.15) is 44.6 Å². The molecule has 0 bridgehead atoms. The summed E-state index contributed by atoms with van der Waals surface area (Å²) in [7, 11) is 0. The summed E-state index contributed by atoms with van der Waals surface area (Å²) in [6, 6.07) is 4.39. The number of rotatable bonds is 6. The first-order valence-corrected chi connectivity index (χ1v) is 8.03. The van der Waals surface area contributed by atoms with Crippen LogP contribution in [0.5, 0.6) is 0 Å². The molecule has 1 aromatic heterocycles. The van der Waals surface area contributed by atoms with Crippen LogP contribution in [-0.4, -0.2) is 28.0 Å². The number of nitrogens with zero attached hydrogens (tertiary/aromatic N) is 2. The van der Waals surface area contributed by atoms with E-state index in [1.54, 1.807) is 0 Å². The fourth-order valence-corrected chi connectivity index (χ4v) is 2.85. The maximum absolute atomic E-state index is 4.77. The second-order valence-electron chi connectivity index (χ2n) is 7.12. The zero-order valence-electron chi connectivity index (χ0n) is 14.3. The van der Waals surface area contributed by atoms with Gasteiger partial charge in [-0.15, -0.1) is 0 Å². The molecular weight excluding hydrogens is 258 g/mol. The highest BCUT2D eigenvalue weighted by Crippen LogP contribution is 2.18. The number of hydrogen-bond donors (Lipinski definition) is 1. The quantitative estimate of drug-likeness (QED) is 0.859. The third-order valence-corrected chi connectivity index (χ3v) is 3.77. The fourth-order valence-electron chi connectivity index (χ4n) is 2.85. The van der Waals surface area contributed by atoms with E-state index in [9.17, 15) is 0 Å². The summed E-state index contributed by atoms with van der Waals surface area (Å²) in [6.07, 6.45) is 0. The van der Waals surface area contributed by atoms with Crippen LogP contribution in [0.25, 0.3) is 11.0 Å². The molecule has 0 saturated heterocycles. The number of hydrogen-bond acceptors (Lipinski definition) is 2. The van der Waals surface area contributed by atoms with Gasteiger partial charge in [0.05, 0.1) is 17.6 Å². The van der Waals surface area contributed by atoms with E-state index in [1.807, 2.05) is 0 Å². The summed E-state index contributed by atoms with van der Waals surface area (Å²) in [5, 5.41) is 0. The maximum atomic E-state index is 4.77. The lowest BCUT2D eigenvalue weighted by Crippen LogP contribution is -2.31. The molecule has 0 spiro atoms. The van der Waals surface area contributed by atoms with Crippen LogP contribution in [0.3, 0.4) is 0 Å². The highest BCUT2D eigenvalue weighted by atomic mass is 15.1. The van der Waals surface area contributed by atoms with Crippen molar-refractivity contribution in [3.8, 4) is 0 Å². The largest absolute Gasteiger partial charge is 0.341 e. The van der Waals surface area contributed by atoms with Crippen molar-refractivity contribution >= 4 is 11.0 Å². The summed E-state index contributed by atoms with van der Waals surface area (Å²) in [5.74, 6) is 2.44. The van der Waals surface area contributed by atoms with Crippen molar-refractivity contribution < 1.29 is 0 Å². The average Bonchev–Trinajstić information content (AvgIpc) is 2.69. The first kappa shape index (κ1) is 16.0. The van der Waals surface area contributed by atoms with Gasteiger partial charge in [-0.3, -0.25) is 4.90 Å². The molecule has 0 saturated carbocycles. The van der Waals surface area contributed by atoms with Gasteiger partial charge in [-0.1, -0.05) is 27.7 Å². The third kappa shape index (κ3) is 4.31. The zero-order valence-corrected chi connectivity index (χ0v) is 14.3. The van der Waals surface area contributed by atoms with E-state index < -0.39 is 0 Å². The normalized spacial score (nSPS) is 12.2. The first-order chi connectivity index (χ1) is 9.85. The Hall–Kier alpha value is -1.35. The molecule has 1 N–H and O–H groups in total. The number of H-pyrrole nitrogens is 1. The Labute approximate surface area is 128 Å². The fraction of sp³-hybridized carbons (Fsp3) is 0.611. The number of fused-ring (bicyclic) bond motifs is 1. The Morgan fingerprint density at radius 3 is 2.14 bits per heavy atom. The molecular formula is C18H29N3. The first-order valence-electron chi connectivity index (χ1n) is 8.03. The van der Waals surface area contributed by atoms with E-state index in [1.165, 1.54) is 11.1 Å². The van der Waals surface area contributed by atoms with Gasteiger partial charge >= 0.3 is 0 Å². The summed E-state index contributed by atoms with van der Waals surface area (Å²) in [5.41, 5.74) is 4.87. The number of nitrogens with one attached hydrogen (secondary N) is 1. The molecule has 1 aromatic carbocycles. The number of aromatic amines is 1. The Balaban J connectivity index is 2.19. The molecule has 3 nitrogen and oxygen atoms in total. The Morgan fingerprint density at radius 2 is 1.57 bits per heavy atom. The van der Waals surface area contributed by atoms with Crippen molar-refractivity contribution in [3.05, 3.63) is 29.1 Å². The SMILES string of the molecule is Cc1cc2nc(CN(CC(C)C)CC(C)C)[nH]c2cc1C. The molecule has 0 aliphatic carbocycles. The van der Waals surface area contributed by atoms with Gasteiger partial charge in [0.1, 0.15) is 5.82 Å². The predicted octanol–water partition coefficient (Wildman–Crippen LogP) is 4.29. The minimum Gasteiger partial charge on any atom is -0.341 e. The molecule has 3 heteroatoms. The second kappa shape index (κ2) is 6.61. The van der Waals surface area contributed by atoms with E-state index in [0.717, 1.165) is 36.5 Å². The van der Waals surface area contributed by atoms with Crippen molar-refractivity contribution in [3.63, 3.8) is 0 Å². The standard InChI is InChI=1S/C18H29N3/c1-12(2)9-21(10-13(3)4)11-18-19-16-7-14(5)15(6)8-17(16)20-18/h7-8,12-13H,9-11H2,1-6H3,(H,19,20). The highest BCUT2D eigenvalue weighted by molar-refractivity contribution is 5.77. The van der Waals surface area contributed by atoms with Crippen LogP contribution in [0.15, 0.2) is 12.1 Å². The monoisotopic (exact) mass is 287 g/mol. The lowest BCUT2D eigenvalue weighted by Gasteiger charge is -2.25. The molecule has 0 unspecified atom stereocenters. The lowest BCUT2D eigenvalue weighted by atomic mass is 10.1. The highest BCUT2D eigenvalue weighted by Gasteiger charge is 2.13. The zero-order chi connectivity index (χ0) is 15.6. The van der Waals surface area contributed by atoms with Crippen LogP contribution in [0, 0.1) is 25.7 Å². The maximum Gasteiger partial charge on any atom is 0.121 e. The summed E-state index contributed by atoms with van der Waals surface area (Å²) < 4.78 is 0. The van der Waals surface area contributed by atoms with Gasteiger partial charge < -0.3 is 4.98 Å². The van der Waals surface area contributed by atoms with Gasteiger partial charge in [0.25, 0.3) is 0 Å². The second-order valence-corrected chi connectivity index (χ2v) is 7.12. The third-order valence-electron chi connectivity index (χ3n) is 3.77. The van der Waals surface area contributed by atoms with Crippen molar-refractivity contribution in [1.29, 1.82) is 0 Å². The van der Waals surface area contributed by atoms with Gasteiger partial charge in [-0.25, -0.2) is 4.98 Å². The number of aryl methyl sites for hydroxylation is 2. The van der Waals surface area contributed by atoms with E-state index in [2.05, 4.69) is 63.6 Å². The Bertz CT molecular complexity index is 547. The molecule has 21 heavy (non-hydrogen) atoms. The summed E-state index contributed by atoms with van der Waals surface area (Å²) >= 11 is 0. The number of aromatic nitrogens is 2. The van der Waals surface area contributed by atoms with Crippen LogP contribution in [0.2, 0.25) is 0 Å². The Morgan fingerprint density at radius 1 is 1.00 bits per heavy atom. The number of imidazole rings is 1. The minimum absolute atomic E-state index is 0.678. The molecule has 2 rings (SSSR count). The van der Waals surface area contributed by atoms with E-state index >= 15 is 0 Å². The van der Waals surface area contributed by atoms with Crippen LogP contribution in [-0.2, 0) is 6.54 Å². The van der Waals surface area contributed by atoms with Crippen molar-refractivity contribution in [2.75, 3.05) is 13.1 Å². The van der Waals surface area contributed by atoms with E-state index in [-0.39, 0.29) is 0 Å².